The predicted molar refractivity (Wildman–Crippen MR) is 97.2 cm³/mol. The predicted octanol–water partition coefficient (Wildman–Crippen LogP) is 3.05. The van der Waals surface area contributed by atoms with E-state index in [1.165, 1.54) is 4.90 Å². The molecular formula is C17H14N2O3S2. The molecule has 1 aromatic heterocycles. The number of benzene rings is 1. The molecule has 0 unspecified atom stereocenters. The highest BCUT2D eigenvalue weighted by atomic mass is 32.2. The normalized spacial score (nSPS) is 17.5. The number of carboxylic acids is 1. The minimum Gasteiger partial charge on any atom is -0.479 e. The summed E-state index contributed by atoms with van der Waals surface area (Å²) in [4.78, 5) is 26.1. The molecule has 5 nitrogen and oxygen atoms in total. The van der Waals surface area contributed by atoms with E-state index in [-0.39, 0.29) is 10.2 Å². The fraction of sp³-hybridized carbons (Fsp3) is 0.118. The number of nitrogens with zero attached hydrogens (tertiary/aromatic N) is 2. The molecule has 1 N–H and O–H groups in total. The first-order valence-corrected chi connectivity index (χ1v) is 8.36. The summed E-state index contributed by atoms with van der Waals surface area (Å²) in [5, 5.41) is 9.62. The summed E-state index contributed by atoms with van der Waals surface area (Å²) in [6, 6.07) is 9.38. The number of hydrogen-bond acceptors (Lipinski definition) is 4. The maximum absolute atomic E-state index is 12.7. The molecule has 0 radical (unpaired) electrons. The van der Waals surface area contributed by atoms with Gasteiger partial charge in [-0.2, -0.15) is 0 Å². The highest BCUT2D eigenvalue weighted by Crippen LogP contribution is 2.38. The number of hydrogen-bond donors (Lipinski definition) is 1. The quantitative estimate of drug-likeness (QED) is 0.672. The highest BCUT2D eigenvalue weighted by molar-refractivity contribution is 8.26. The van der Waals surface area contributed by atoms with Crippen LogP contribution in [0.5, 0.6) is 0 Å². The Morgan fingerprint density at radius 3 is 2.58 bits per heavy atom. The zero-order valence-corrected chi connectivity index (χ0v) is 14.4. The Hall–Kier alpha value is -2.38. The minimum atomic E-state index is -1.12. The lowest BCUT2D eigenvalue weighted by Crippen LogP contribution is -2.37. The first kappa shape index (κ1) is 16.5. The van der Waals surface area contributed by atoms with Crippen molar-refractivity contribution in [1.82, 2.24) is 9.47 Å². The number of aryl methyl sites for hydroxylation is 1. The number of aromatic nitrogens is 1. The van der Waals surface area contributed by atoms with E-state index in [1.807, 2.05) is 30.1 Å². The smallest absolute Gasteiger partial charge is 0.331 e. The van der Waals surface area contributed by atoms with Gasteiger partial charge in [0.25, 0.3) is 5.91 Å². The van der Waals surface area contributed by atoms with E-state index >= 15 is 0 Å². The molecule has 0 aliphatic carbocycles. The van der Waals surface area contributed by atoms with Crippen molar-refractivity contribution in [3.05, 3.63) is 64.8 Å². The highest BCUT2D eigenvalue weighted by Gasteiger charge is 2.41. The monoisotopic (exact) mass is 358 g/mol. The van der Waals surface area contributed by atoms with Gasteiger partial charge in [0.15, 0.2) is 6.04 Å². The van der Waals surface area contributed by atoms with Gasteiger partial charge < -0.3 is 9.67 Å². The molecule has 24 heavy (non-hydrogen) atoms. The van der Waals surface area contributed by atoms with Crippen molar-refractivity contribution in [1.29, 1.82) is 0 Å². The van der Waals surface area contributed by atoms with Crippen LogP contribution in [0.4, 0.5) is 0 Å². The van der Waals surface area contributed by atoms with Crippen molar-refractivity contribution >= 4 is 46.3 Å². The fourth-order valence-electron chi connectivity index (χ4n) is 2.50. The molecule has 1 saturated heterocycles. The van der Waals surface area contributed by atoms with Crippen molar-refractivity contribution in [2.45, 2.75) is 6.04 Å². The Kier molecular flexibility index (Phi) is 4.55. The summed E-state index contributed by atoms with van der Waals surface area (Å²) in [7, 11) is 1.89. The molecule has 2 heterocycles. The second-order valence-corrected chi connectivity index (χ2v) is 6.99. The number of thiocarbonyl (C=S) groups is 1. The van der Waals surface area contributed by atoms with Crippen LogP contribution in [0, 0.1) is 0 Å². The van der Waals surface area contributed by atoms with E-state index in [9.17, 15) is 14.7 Å². The van der Waals surface area contributed by atoms with Crippen LogP contribution in [0.1, 0.15) is 17.2 Å². The van der Waals surface area contributed by atoms with Gasteiger partial charge in [-0.25, -0.2) is 4.79 Å². The maximum Gasteiger partial charge on any atom is 0.331 e. The molecule has 7 heteroatoms. The molecule has 0 saturated carbocycles. The minimum absolute atomic E-state index is 0.249. The van der Waals surface area contributed by atoms with E-state index in [2.05, 4.69) is 0 Å². The lowest BCUT2D eigenvalue weighted by Gasteiger charge is -2.23. The number of rotatable bonds is 4. The molecule has 1 aromatic carbocycles. The third kappa shape index (κ3) is 3.13. The third-order valence-corrected chi connectivity index (χ3v) is 4.91. The summed E-state index contributed by atoms with van der Waals surface area (Å²) in [6.45, 7) is 0. The van der Waals surface area contributed by atoms with Gasteiger partial charge in [-0.15, -0.1) is 0 Å². The summed E-state index contributed by atoms with van der Waals surface area (Å²) in [6.07, 6.45) is 5.47. The first-order chi connectivity index (χ1) is 11.5. The number of carbonyl (C=O) groups is 2. The van der Waals surface area contributed by atoms with Crippen LogP contribution >= 0.6 is 24.0 Å². The van der Waals surface area contributed by atoms with Crippen LogP contribution in [-0.4, -0.2) is 30.8 Å². The van der Waals surface area contributed by atoms with Gasteiger partial charge in [0, 0.05) is 19.4 Å². The Labute approximate surface area is 148 Å². The molecule has 2 aromatic rings. The summed E-state index contributed by atoms with van der Waals surface area (Å²) in [5.41, 5.74) is 1.38. The van der Waals surface area contributed by atoms with Crippen molar-refractivity contribution in [3.8, 4) is 0 Å². The van der Waals surface area contributed by atoms with Gasteiger partial charge in [0.05, 0.1) is 4.91 Å². The van der Waals surface area contributed by atoms with Crippen LogP contribution < -0.4 is 0 Å². The lowest BCUT2D eigenvalue weighted by atomic mass is 10.1. The largest absolute Gasteiger partial charge is 0.479 e. The fourth-order valence-corrected chi connectivity index (χ4v) is 3.81. The van der Waals surface area contributed by atoms with Crippen LogP contribution in [0.3, 0.4) is 0 Å². The zero-order valence-electron chi connectivity index (χ0n) is 12.7. The average Bonchev–Trinajstić information content (AvgIpc) is 3.07. The van der Waals surface area contributed by atoms with E-state index in [1.54, 1.807) is 36.4 Å². The third-order valence-electron chi connectivity index (χ3n) is 3.58. The standard InChI is InChI=1S/C17H14N2O3S2/c1-18-8-7-11(10-18)9-13-15(20)19(17(23)24-13)14(16(21)22)12-5-3-2-4-6-12/h2-10,14H,1H3,(H,21,22)/b13-9+/t14-/m0/s1. The molecule has 1 fully saturated rings. The van der Waals surface area contributed by atoms with Crippen LogP contribution in [-0.2, 0) is 16.6 Å². The van der Waals surface area contributed by atoms with Crippen LogP contribution in [0.15, 0.2) is 53.7 Å². The van der Waals surface area contributed by atoms with Crippen LogP contribution in [0.25, 0.3) is 6.08 Å². The SMILES string of the molecule is Cn1ccc(/C=C2/SC(=S)N([C@H](C(=O)O)c3ccccc3)C2=O)c1. The number of thioether (sulfide) groups is 1. The average molecular weight is 358 g/mol. The second kappa shape index (κ2) is 6.62. The molecule has 0 spiro atoms. The van der Waals surface area contributed by atoms with Crippen molar-refractivity contribution in [3.63, 3.8) is 0 Å². The Balaban J connectivity index is 1.96. The molecular weight excluding hydrogens is 344 g/mol. The van der Waals surface area contributed by atoms with Crippen molar-refractivity contribution in [2.75, 3.05) is 0 Å². The Morgan fingerprint density at radius 2 is 2.00 bits per heavy atom. The Bertz CT molecular complexity index is 843. The van der Waals surface area contributed by atoms with E-state index in [0.29, 0.717) is 10.5 Å². The molecule has 1 aliphatic heterocycles. The van der Waals surface area contributed by atoms with Gasteiger partial charge in [0.2, 0.25) is 0 Å². The van der Waals surface area contributed by atoms with E-state index < -0.39 is 12.0 Å². The van der Waals surface area contributed by atoms with E-state index in [4.69, 9.17) is 12.2 Å². The molecule has 3 rings (SSSR count). The van der Waals surface area contributed by atoms with Crippen molar-refractivity contribution < 1.29 is 14.7 Å². The maximum atomic E-state index is 12.7. The second-order valence-electron chi connectivity index (χ2n) is 5.31. The number of amides is 1. The summed E-state index contributed by atoms with van der Waals surface area (Å²) >= 11 is 6.39. The summed E-state index contributed by atoms with van der Waals surface area (Å²) in [5.74, 6) is -1.50. The topological polar surface area (TPSA) is 62.5 Å². The molecule has 1 atom stereocenters. The molecule has 1 amide bonds. The number of carboxylic acid groups (broad SMARTS) is 1. The molecule has 1 aliphatic rings. The van der Waals surface area contributed by atoms with Gasteiger partial charge in [0.1, 0.15) is 4.32 Å². The van der Waals surface area contributed by atoms with Gasteiger partial charge >= 0.3 is 5.97 Å². The van der Waals surface area contributed by atoms with Gasteiger partial charge in [-0.1, -0.05) is 54.3 Å². The first-order valence-electron chi connectivity index (χ1n) is 7.14. The van der Waals surface area contributed by atoms with Gasteiger partial charge in [-0.3, -0.25) is 9.69 Å². The van der Waals surface area contributed by atoms with Crippen LogP contribution in [0.2, 0.25) is 0 Å². The van der Waals surface area contributed by atoms with Crippen molar-refractivity contribution in [2.24, 2.45) is 7.05 Å². The Morgan fingerprint density at radius 1 is 1.29 bits per heavy atom. The summed E-state index contributed by atoms with van der Waals surface area (Å²) < 4.78 is 2.12. The molecule has 0 bridgehead atoms. The molecule has 122 valence electrons. The van der Waals surface area contributed by atoms with Gasteiger partial charge in [-0.05, 0) is 23.3 Å². The van der Waals surface area contributed by atoms with E-state index in [0.717, 1.165) is 17.3 Å². The number of aliphatic carboxylic acids is 1. The number of carbonyl (C=O) groups excluding carboxylic acids is 1. The lowest BCUT2D eigenvalue weighted by molar-refractivity contribution is -0.145. The zero-order chi connectivity index (χ0) is 17.3.